The lowest BCUT2D eigenvalue weighted by atomic mass is 10.0. The number of carbonyl (C=O) groups is 2. The van der Waals surface area contributed by atoms with Crippen molar-refractivity contribution in [3.63, 3.8) is 0 Å². The van der Waals surface area contributed by atoms with Crippen LogP contribution in [0.4, 0.5) is 10.1 Å². The molecule has 1 aliphatic heterocycles. The average molecular weight is 400 g/mol. The topological polar surface area (TPSA) is 61.4 Å². The normalized spacial score (nSPS) is 14.6. The van der Waals surface area contributed by atoms with Crippen LogP contribution in [0.3, 0.4) is 0 Å². The Hall–Kier alpha value is -1.66. The Morgan fingerprint density at radius 1 is 1.30 bits per heavy atom. The zero-order chi connectivity index (χ0) is 19.1. The number of hydrogen-bond donors (Lipinski definition) is 2. The van der Waals surface area contributed by atoms with E-state index in [2.05, 4.69) is 10.6 Å². The lowest BCUT2D eigenvalue weighted by Crippen LogP contribution is -2.46. The van der Waals surface area contributed by atoms with Gasteiger partial charge < -0.3 is 15.5 Å². The van der Waals surface area contributed by atoms with Crippen molar-refractivity contribution < 1.29 is 14.0 Å². The van der Waals surface area contributed by atoms with E-state index in [1.165, 1.54) is 12.1 Å². The molecule has 0 spiro atoms. The van der Waals surface area contributed by atoms with Crippen LogP contribution < -0.4 is 10.6 Å². The van der Waals surface area contributed by atoms with E-state index in [9.17, 15) is 14.0 Å². The number of benzene rings is 1. The SMILES string of the molecule is CCCN(C(=O)c1ccc(NC(=O)CC(C)C)c(F)c1)C1CCNCC1.Cl. The Balaban J connectivity index is 0.00000364. The molecule has 1 fully saturated rings. The van der Waals surface area contributed by atoms with Gasteiger partial charge in [0.25, 0.3) is 5.91 Å². The first-order valence-corrected chi connectivity index (χ1v) is 9.53. The van der Waals surface area contributed by atoms with Gasteiger partial charge in [-0.05, 0) is 56.5 Å². The monoisotopic (exact) mass is 399 g/mol. The van der Waals surface area contributed by atoms with Gasteiger partial charge in [0.2, 0.25) is 5.91 Å². The maximum atomic E-state index is 14.4. The number of piperidine rings is 1. The molecule has 2 amide bonds. The molecule has 7 heteroatoms. The molecule has 0 aliphatic carbocycles. The van der Waals surface area contributed by atoms with Crippen LogP contribution >= 0.6 is 12.4 Å². The van der Waals surface area contributed by atoms with E-state index < -0.39 is 5.82 Å². The van der Waals surface area contributed by atoms with E-state index in [-0.39, 0.29) is 41.9 Å². The predicted molar refractivity (Wildman–Crippen MR) is 109 cm³/mol. The third kappa shape index (κ3) is 6.78. The molecule has 1 heterocycles. The van der Waals surface area contributed by atoms with Gasteiger partial charge in [-0.15, -0.1) is 12.4 Å². The smallest absolute Gasteiger partial charge is 0.254 e. The summed E-state index contributed by atoms with van der Waals surface area (Å²) in [6.45, 7) is 8.36. The molecule has 1 aliphatic rings. The molecule has 152 valence electrons. The number of amides is 2. The van der Waals surface area contributed by atoms with Crippen molar-refractivity contribution in [1.82, 2.24) is 10.2 Å². The summed E-state index contributed by atoms with van der Waals surface area (Å²) in [5.74, 6) is -0.737. The summed E-state index contributed by atoms with van der Waals surface area (Å²) >= 11 is 0. The third-order valence-electron chi connectivity index (χ3n) is 4.56. The van der Waals surface area contributed by atoms with Crippen LogP contribution in [0, 0.1) is 11.7 Å². The van der Waals surface area contributed by atoms with Crippen molar-refractivity contribution in [3.8, 4) is 0 Å². The lowest BCUT2D eigenvalue weighted by Gasteiger charge is -2.34. The number of carbonyl (C=O) groups excluding carboxylic acids is 2. The second-order valence-corrected chi connectivity index (χ2v) is 7.32. The Bertz CT molecular complexity index is 634. The highest BCUT2D eigenvalue weighted by Gasteiger charge is 2.26. The number of rotatable bonds is 7. The van der Waals surface area contributed by atoms with Crippen LogP contribution in [0.5, 0.6) is 0 Å². The summed E-state index contributed by atoms with van der Waals surface area (Å²) in [5, 5.41) is 5.88. The molecule has 0 radical (unpaired) electrons. The maximum Gasteiger partial charge on any atom is 0.254 e. The highest BCUT2D eigenvalue weighted by atomic mass is 35.5. The lowest BCUT2D eigenvalue weighted by molar-refractivity contribution is -0.116. The summed E-state index contributed by atoms with van der Waals surface area (Å²) in [6.07, 6.45) is 3.02. The standard InChI is InChI=1S/C20H30FN3O2.ClH/c1-4-11-24(16-7-9-22-10-8-16)20(26)15-5-6-18(17(21)13-15)23-19(25)12-14(2)3;/h5-6,13-14,16,22H,4,7-12H2,1-3H3,(H,23,25);1H. The van der Waals surface area contributed by atoms with Gasteiger partial charge >= 0.3 is 0 Å². The van der Waals surface area contributed by atoms with Gasteiger partial charge in [-0.1, -0.05) is 20.8 Å². The van der Waals surface area contributed by atoms with Crippen molar-refractivity contribution in [3.05, 3.63) is 29.6 Å². The predicted octanol–water partition coefficient (Wildman–Crippen LogP) is 3.84. The van der Waals surface area contributed by atoms with Gasteiger partial charge in [-0.3, -0.25) is 9.59 Å². The maximum absolute atomic E-state index is 14.4. The van der Waals surface area contributed by atoms with Crippen LogP contribution in [0.25, 0.3) is 0 Å². The number of nitrogens with zero attached hydrogens (tertiary/aromatic N) is 1. The first-order chi connectivity index (χ1) is 12.4. The first-order valence-electron chi connectivity index (χ1n) is 9.53. The number of halogens is 2. The quantitative estimate of drug-likeness (QED) is 0.732. The minimum Gasteiger partial charge on any atom is -0.336 e. The molecule has 1 saturated heterocycles. The number of nitrogens with one attached hydrogen (secondary N) is 2. The largest absolute Gasteiger partial charge is 0.336 e. The molecule has 0 atom stereocenters. The second-order valence-electron chi connectivity index (χ2n) is 7.32. The van der Waals surface area contributed by atoms with Crippen molar-refractivity contribution in [2.45, 2.75) is 52.5 Å². The third-order valence-corrected chi connectivity index (χ3v) is 4.56. The summed E-state index contributed by atoms with van der Waals surface area (Å²) in [5.41, 5.74) is 0.451. The van der Waals surface area contributed by atoms with Gasteiger partial charge in [-0.25, -0.2) is 4.39 Å². The number of hydrogen-bond acceptors (Lipinski definition) is 3. The van der Waals surface area contributed by atoms with Crippen molar-refractivity contribution >= 4 is 29.9 Å². The second kappa shape index (κ2) is 11.2. The summed E-state index contributed by atoms with van der Waals surface area (Å²) in [4.78, 5) is 26.6. The fourth-order valence-electron chi connectivity index (χ4n) is 3.30. The Morgan fingerprint density at radius 2 is 1.96 bits per heavy atom. The van der Waals surface area contributed by atoms with Gasteiger partial charge in [0, 0.05) is 24.6 Å². The first kappa shape index (κ1) is 23.4. The Kier molecular flexibility index (Phi) is 9.74. The van der Waals surface area contributed by atoms with Crippen LogP contribution in [0.1, 0.15) is 56.8 Å². The van der Waals surface area contributed by atoms with Crippen LogP contribution in [0.15, 0.2) is 18.2 Å². The molecule has 2 N–H and O–H groups in total. The average Bonchev–Trinajstić information content (AvgIpc) is 2.61. The molecule has 0 unspecified atom stereocenters. The van der Waals surface area contributed by atoms with E-state index in [0.29, 0.717) is 18.5 Å². The molecule has 1 aromatic rings. The van der Waals surface area contributed by atoms with Gasteiger partial charge in [-0.2, -0.15) is 0 Å². The summed E-state index contributed by atoms with van der Waals surface area (Å²) < 4.78 is 14.4. The summed E-state index contributed by atoms with van der Waals surface area (Å²) in [6, 6.07) is 4.50. The minimum absolute atomic E-state index is 0. The van der Waals surface area contributed by atoms with Gasteiger partial charge in [0.15, 0.2) is 0 Å². The van der Waals surface area contributed by atoms with Crippen LogP contribution in [0.2, 0.25) is 0 Å². The fraction of sp³-hybridized carbons (Fsp3) is 0.600. The number of anilines is 1. The van der Waals surface area contributed by atoms with Crippen LogP contribution in [-0.4, -0.2) is 42.4 Å². The highest BCUT2D eigenvalue weighted by molar-refractivity contribution is 5.96. The molecular weight excluding hydrogens is 369 g/mol. The zero-order valence-electron chi connectivity index (χ0n) is 16.4. The van der Waals surface area contributed by atoms with E-state index in [0.717, 1.165) is 32.4 Å². The molecule has 27 heavy (non-hydrogen) atoms. The minimum atomic E-state index is -0.574. The molecule has 0 bridgehead atoms. The van der Waals surface area contributed by atoms with Crippen molar-refractivity contribution in [2.24, 2.45) is 5.92 Å². The molecule has 0 saturated carbocycles. The molecule has 2 rings (SSSR count). The van der Waals surface area contributed by atoms with E-state index in [1.54, 1.807) is 6.07 Å². The molecule has 5 nitrogen and oxygen atoms in total. The zero-order valence-corrected chi connectivity index (χ0v) is 17.2. The van der Waals surface area contributed by atoms with Crippen LogP contribution in [-0.2, 0) is 4.79 Å². The van der Waals surface area contributed by atoms with Crippen molar-refractivity contribution in [1.29, 1.82) is 0 Å². The fourth-order valence-corrected chi connectivity index (χ4v) is 3.30. The molecular formula is C20H31ClFN3O2. The van der Waals surface area contributed by atoms with Gasteiger partial charge in [0.05, 0.1) is 5.69 Å². The molecule has 1 aromatic carbocycles. The van der Waals surface area contributed by atoms with Gasteiger partial charge in [0.1, 0.15) is 5.82 Å². The van der Waals surface area contributed by atoms with Crippen molar-refractivity contribution in [2.75, 3.05) is 25.0 Å². The highest BCUT2D eigenvalue weighted by Crippen LogP contribution is 2.21. The van der Waals surface area contributed by atoms with E-state index in [4.69, 9.17) is 0 Å². The Morgan fingerprint density at radius 3 is 2.52 bits per heavy atom. The molecule has 0 aromatic heterocycles. The Labute approximate surface area is 167 Å². The summed E-state index contributed by atoms with van der Waals surface area (Å²) in [7, 11) is 0. The van der Waals surface area contributed by atoms with E-state index in [1.807, 2.05) is 25.7 Å². The van der Waals surface area contributed by atoms with E-state index >= 15 is 0 Å².